The van der Waals surface area contributed by atoms with Crippen molar-refractivity contribution in [3.63, 3.8) is 0 Å². The molecular formula is C23H49ClN2O. The van der Waals surface area contributed by atoms with Crippen LogP contribution < -0.4 is 5.73 Å². The monoisotopic (exact) mass is 404 g/mol. The SMILES string of the molecule is CCCCCCCCCCCCCCCCCCC(C)(C(N)=O)N(C)C.Cl. The number of primary amides is 1. The summed E-state index contributed by atoms with van der Waals surface area (Å²) in [6, 6.07) is 0. The van der Waals surface area contributed by atoms with E-state index in [1.54, 1.807) is 0 Å². The number of nitrogens with zero attached hydrogens (tertiary/aromatic N) is 1. The molecule has 0 radical (unpaired) electrons. The average Bonchev–Trinajstić information content (AvgIpc) is 2.60. The maximum atomic E-state index is 11.6. The van der Waals surface area contributed by atoms with Gasteiger partial charge in [0.05, 0.1) is 5.54 Å². The Bertz CT molecular complexity index is 336. The van der Waals surface area contributed by atoms with Crippen molar-refractivity contribution in [2.45, 2.75) is 129 Å². The number of carbonyl (C=O) groups is 1. The van der Waals surface area contributed by atoms with E-state index in [-0.39, 0.29) is 18.3 Å². The van der Waals surface area contributed by atoms with E-state index in [9.17, 15) is 4.79 Å². The molecule has 0 saturated carbocycles. The fourth-order valence-corrected chi connectivity index (χ4v) is 3.58. The highest BCUT2D eigenvalue weighted by molar-refractivity contribution is 5.85. The normalized spacial score (nSPS) is 13.4. The van der Waals surface area contributed by atoms with Gasteiger partial charge >= 0.3 is 0 Å². The zero-order chi connectivity index (χ0) is 19.7. The van der Waals surface area contributed by atoms with Gasteiger partial charge in [0, 0.05) is 0 Å². The summed E-state index contributed by atoms with van der Waals surface area (Å²) < 4.78 is 0. The lowest BCUT2D eigenvalue weighted by molar-refractivity contribution is -0.128. The van der Waals surface area contributed by atoms with Gasteiger partial charge in [0.1, 0.15) is 0 Å². The van der Waals surface area contributed by atoms with E-state index in [4.69, 9.17) is 5.73 Å². The van der Waals surface area contributed by atoms with Crippen LogP contribution in [0.5, 0.6) is 0 Å². The number of carbonyl (C=O) groups excluding carboxylic acids is 1. The van der Waals surface area contributed by atoms with Crippen molar-refractivity contribution in [1.82, 2.24) is 4.90 Å². The van der Waals surface area contributed by atoms with Crippen LogP contribution in [0.4, 0.5) is 0 Å². The molecule has 0 saturated heterocycles. The average molecular weight is 405 g/mol. The van der Waals surface area contributed by atoms with Crippen LogP contribution in [-0.4, -0.2) is 30.4 Å². The third kappa shape index (κ3) is 15.3. The van der Waals surface area contributed by atoms with Crippen molar-refractivity contribution < 1.29 is 4.79 Å². The first-order valence-electron chi connectivity index (χ1n) is 11.4. The van der Waals surface area contributed by atoms with Gasteiger partial charge in [0.2, 0.25) is 5.91 Å². The third-order valence-corrected chi connectivity index (χ3v) is 6.04. The molecule has 0 aliphatic carbocycles. The maximum Gasteiger partial charge on any atom is 0.237 e. The number of unbranched alkanes of at least 4 members (excludes halogenated alkanes) is 15. The number of likely N-dealkylation sites (N-methyl/N-ethyl adjacent to an activating group) is 1. The summed E-state index contributed by atoms with van der Waals surface area (Å²) in [5, 5.41) is 0. The van der Waals surface area contributed by atoms with Gasteiger partial charge in [-0.2, -0.15) is 0 Å². The summed E-state index contributed by atoms with van der Waals surface area (Å²) >= 11 is 0. The van der Waals surface area contributed by atoms with Crippen LogP contribution in [0.3, 0.4) is 0 Å². The van der Waals surface area contributed by atoms with Gasteiger partial charge in [-0.1, -0.05) is 110 Å². The fraction of sp³-hybridized carbons (Fsp3) is 0.957. The third-order valence-electron chi connectivity index (χ3n) is 6.04. The molecule has 27 heavy (non-hydrogen) atoms. The zero-order valence-electron chi connectivity index (χ0n) is 18.9. The predicted octanol–water partition coefficient (Wildman–Crippen LogP) is 6.87. The Hall–Kier alpha value is -0.280. The number of hydrogen-bond donors (Lipinski definition) is 1. The molecule has 0 aliphatic rings. The molecule has 4 heteroatoms. The number of hydrogen-bond acceptors (Lipinski definition) is 2. The van der Waals surface area contributed by atoms with E-state index < -0.39 is 5.54 Å². The van der Waals surface area contributed by atoms with E-state index in [1.807, 2.05) is 25.9 Å². The van der Waals surface area contributed by atoms with Crippen molar-refractivity contribution in [3.8, 4) is 0 Å². The van der Waals surface area contributed by atoms with E-state index in [1.165, 1.54) is 96.3 Å². The Balaban J connectivity index is 0. The standard InChI is InChI=1S/C23H48N2O.ClH/c1-5-6-7-8-9-10-11-12-13-14-15-16-17-18-19-20-21-23(2,22(24)26)25(3)4;/h5-21H2,1-4H3,(H2,24,26);1H. The van der Waals surface area contributed by atoms with Gasteiger partial charge in [-0.3, -0.25) is 9.69 Å². The van der Waals surface area contributed by atoms with E-state index in [0.29, 0.717) is 0 Å². The highest BCUT2D eigenvalue weighted by atomic mass is 35.5. The van der Waals surface area contributed by atoms with Crippen LogP contribution >= 0.6 is 12.4 Å². The smallest absolute Gasteiger partial charge is 0.237 e. The number of halogens is 1. The second-order valence-corrected chi connectivity index (χ2v) is 8.59. The molecule has 1 amide bonds. The lowest BCUT2D eigenvalue weighted by Gasteiger charge is -2.33. The van der Waals surface area contributed by atoms with Crippen molar-refractivity contribution in [1.29, 1.82) is 0 Å². The lowest BCUT2D eigenvalue weighted by atomic mass is 9.92. The molecule has 164 valence electrons. The lowest BCUT2D eigenvalue weighted by Crippen LogP contribution is -2.52. The molecule has 0 heterocycles. The Morgan fingerprint density at radius 2 is 1.00 bits per heavy atom. The molecule has 0 rings (SSSR count). The minimum Gasteiger partial charge on any atom is -0.368 e. The molecule has 0 aromatic carbocycles. The second kappa shape index (κ2) is 19.1. The van der Waals surface area contributed by atoms with E-state index >= 15 is 0 Å². The molecule has 2 N–H and O–H groups in total. The highest BCUT2D eigenvalue weighted by Gasteiger charge is 2.32. The first-order chi connectivity index (χ1) is 12.4. The van der Waals surface area contributed by atoms with Gasteiger partial charge in [0.25, 0.3) is 0 Å². The molecule has 3 nitrogen and oxygen atoms in total. The predicted molar refractivity (Wildman–Crippen MR) is 123 cm³/mol. The molecule has 1 atom stereocenters. The van der Waals surface area contributed by atoms with Crippen molar-refractivity contribution in [2.24, 2.45) is 5.73 Å². The number of rotatable bonds is 19. The van der Waals surface area contributed by atoms with Crippen LogP contribution in [0.2, 0.25) is 0 Å². The molecule has 0 spiro atoms. The van der Waals surface area contributed by atoms with Crippen LogP contribution in [0.25, 0.3) is 0 Å². The van der Waals surface area contributed by atoms with Crippen LogP contribution in [0.1, 0.15) is 123 Å². The molecule has 0 bridgehead atoms. The highest BCUT2D eigenvalue weighted by Crippen LogP contribution is 2.21. The van der Waals surface area contributed by atoms with Gasteiger partial charge < -0.3 is 5.73 Å². The summed E-state index contributed by atoms with van der Waals surface area (Å²) in [5.74, 6) is -0.205. The molecule has 0 aliphatic heterocycles. The number of amides is 1. The summed E-state index contributed by atoms with van der Waals surface area (Å²) in [6.07, 6.45) is 22.8. The van der Waals surface area contributed by atoms with E-state index in [0.717, 1.165) is 12.8 Å². The summed E-state index contributed by atoms with van der Waals surface area (Å²) in [7, 11) is 3.88. The Kier molecular flexibility index (Phi) is 20.4. The van der Waals surface area contributed by atoms with Gasteiger partial charge in [-0.15, -0.1) is 12.4 Å². The van der Waals surface area contributed by atoms with Crippen LogP contribution in [0, 0.1) is 0 Å². The zero-order valence-corrected chi connectivity index (χ0v) is 19.7. The van der Waals surface area contributed by atoms with Gasteiger partial charge in [-0.25, -0.2) is 0 Å². The van der Waals surface area contributed by atoms with Crippen molar-refractivity contribution in [2.75, 3.05) is 14.1 Å². The molecular weight excluding hydrogens is 356 g/mol. The van der Waals surface area contributed by atoms with Gasteiger partial charge in [0.15, 0.2) is 0 Å². The van der Waals surface area contributed by atoms with Crippen LogP contribution in [-0.2, 0) is 4.79 Å². The maximum absolute atomic E-state index is 11.6. The Morgan fingerprint density at radius 3 is 1.26 bits per heavy atom. The fourth-order valence-electron chi connectivity index (χ4n) is 3.58. The molecule has 0 aromatic rings. The first-order valence-corrected chi connectivity index (χ1v) is 11.4. The largest absolute Gasteiger partial charge is 0.368 e. The number of nitrogens with two attached hydrogens (primary N) is 1. The van der Waals surface area contributed by atoms with Crippen molar-refractivity contribution in [3.05, 3.63) is 0 Å². The molecule has 1 unspecified atom stereocenters. The summed E-state index contributed by atoms with van der Waals surface area (Å²) in [4.78, 5) is 13.6. The summed E-state index contributed by atoms with van der Waals surface area (Å²) in [6.45, 7) is 4.24. The minimum absolute atomic E-state index is 0. The minimum atomic E-state index is -0.490. The first kappa shape index (κ1) is 28.9. The topological polar surface area (TPSA) is 46.3 Å². The summed E-state index contributed by atoms with van der Waals surface area (Å²) in [5.41, 5.74) is 5.07. The molecule has 0 aromatic heterocycles. The quantitative estimate of drug-likeness (QED) is 0.239. The van der Waals surface area contributed by atoms with Crippen LogP contribution in [0.15, 0.2) is 0 Å². The molecule has 0 fully saturated rings. The second-order valence-electron chi connectivity index (χ2n) is 8.59. The Labute approximate surface area is 176 Å². The van der Waals surface area contributed by atoms with Gasteiger partial charge in [-0.05, 0) is 27.4 Å². The van der Waals surface area contributed by atoms with Crippen molar-refractivity contribution >= 4 is 18.3 Å². The Morgan fingerprint density at radius 1 is 0.704 bits per heavy atom. The van der Waals surface area contributed by atoms with E-state index in [2.05, 4.69) is 6.92 Å².